The van der Waals surface area contributed by atoms with Crippen LogP contribution in [0.15, 0.2) is 0 Å². The van der Waals surface area contributed by atoms with Crippen molar-refractivity contribution in [1.29, 1.82) is 0 Å². The highest BCUT2D eigenvalue weighted by Crippen LogP contribution is 2.27. The van der Waals surface area contributed by atoms with Crippen LogP contribution in [0, 0.1) is 11.8 Å². The summed E-state index contributed by atoms with van der Waals surface area (Å²) in [6.45, 7) is 8.69. The Kier molecular flexibility index (Phi) is 8.26. The molecule has 0 saturated heterocycles. The van der Waals surface area contributed by atoms with Gasteiger partial charge in [-0.3, -0.25) is 0 Å². The summed E-state index contributed by atoms with van der Waals surface area (Å²) in [5, 5.41) is 8.67. The maximum atomic E-state index is 8.67. The fourth-order valence-corrected chi connectivity index (χ4v) is 1.72. The van der Waals surface area contributed by atoms with E-state index in [4.69, 9.17) is 5.11 Å². The van der Waals surface area contributed by atoms with E-state index in [0.29, 0.717) is 0 Å². The van der Waals surface area contributed by atoms with Crippen LogP contribution in [0.25, 0.3) is 0 Å². The van der Waals surface area contributed by atoms with E-state index in [1.807, 2.05) is 13.8 Å². The first-order valence-corrected chi connectivity index (χ1v) is 6.28. The summed E-state index contributed by atoms with van der Waals surface area (Å²) >= 11 is 0. The molecule has 1 fully saturated rings. The lowest BCUT2D eigenvalue weighted by Crippen LogP contribution is -2.08. The summed E-state index contributed by atoms with van der Waals surface area (Å²) < 4.78 is 0. The van der Waals surface area contributed by atoms with Gasteiger partial charge in [0.1, 0.15) is 0 Å². The summed E-state index contributed by atoms with van der Waals surface area (Å²) in [5.41, 5.74) is 0. The molecule has 0 aromatic carbocycles. The molecule has 0 radical (unpaired) electrons. The van der Waals surface area contributed by atoms with Gasteiger partial charge in [-0.15, -0.1) is 0 Å². The highest BCUT2D eigenvalue weighted by molar-refractivity contribution is 4.65. The molecule has 0 aliphatic heterocycles. The highest BCUT2D eigenvalue weighted by Gasteiger charge is 2.13. The van der Waals surface area contributed by atoms with E-state index in [1.165, 1.54) is 25.7 Å². The van der Waals surface area contributed by atoms with Crippen LogP contribution in [0.3, 0.4) is 0 Å². The molecule has 0 unspecified atom stereocenters. The SMILES string of the molecule is CC1CCC(C)CC1.CCC(O)CC. The smallest absolute Gasteiger partial charge is 0.0535 e. The van der Waals surface area contributed by atoms with Gasteiger partial charge in [0.05, 0.1) is 6.10 Å². The van der Waals surface area contributed by atoms with E-state index in [1.54, 1.807) is 0 Å². The Morgan fingerprint density at radius 3 is 1.36 bits per heavy atom. The number of hydrogen-bond acceptors (Lipinski definition) is 1. The van der Waals surface area contributed by atoms with Crippen LogP contribution in [-0.4, -0.2) is 11.2 Å². The minimum atomic E-state index is -0.0648. The molecule has 1 rings (SSSR count). The summed E-state index contributed by atoms with van der Waals surface area (Å²) in [6.07, 6.45) is 7.60. The lowest BCUT2D eigenvalue weighted by molar-refractivity contribution is 0.166. The second-order valence-corrected chi connectivity index (χ2v) is 4.84. The normalized spacial score (nSPS) is 27.0. The van der Waals surface area contributed by atoms with E-state index >= 15 is 0 Å². The van der Waals surface area contributed by atoms with Crippen molar-refractivity contribution in [3.63, 3.8) is 0 Å². The number of aliphatic hydroxyl groups excluding tert-OH is 1. The van der Waals surface area contributed by atoms with Crippen LogP contribution in [0.4, 0.5) is 0 Å². The van der Waals surface area contributed by atoms with Crippen molar-refractivity contribution in [3.8, 4) is 0 Å². The van der Waals surface area contributed by atoms with Gasteiger partial charge in [0.2, 0.25) is 0 Å². The van der Waals surface area contributed by atoms with E-state index in [2.05, 4.69) is 13.8 Å². The van der Waals surface area contributed by atoms with Gasteiger partial charge in [-0.05, 0) is 24.7 Å². The first-order valence-electron chi connectivity index (χ1n) is 6.28. The average Bonchev–Trinajstić information content (AvgIpc) is 2.22. The van der Waals surface area contributed by atoms with Gasteiger partial charge in [-0.25, -0.2) is 0 Å². The topological polar surface area (TPSA) is 20.2 Å². The van der Waals surface area contributed by atoms with Crippen LogP contribution in [0.2, 0.25) is 0 Å². The van der Waals surface area contributed by atoms with Gasteiger partial charge in [-0.1, -0.05) is 53.4 Å². The van der Waals surface area contributed by atoms with Gasteiger partial charge in [-0.2, -0.15) is 0 Å². The quantitative estimate of drug-likeness (QED) is 0.714. The molecule has 0 bridgehead atoms. The highest BCUT2D eigenvalue weighted by atomic mass is 16.3. The molecule has 0 spiro atoms. The van der Waals surface area contributed by atoms with Crippen LogP contribution in [0.1, 0.15) is 66.2 Å². The second kappa shape index (κ2) is 8.28. The fourth-order valence-electron chi connectivity index (χ4n) is 1.72. The summed E-state index contributed by atoms with van der Waals surface area (Å²) in [6, 6.07) is 0. The Balaban J connectivity index is 0.000000255. The maximum Gasteiger partial charge on any atom is 0.0535 e. The van der Waals surface area contributed by atoms with Crippen molar-refractivity contribution in [3.05, 3.63) is 0 Å². The number of aliphatic hydroxyl groups is 1. The maximum absolute atomic E-state index is 8.67. The van der Waals surface area contributed by atoms with Crippen molar-refractivity contribution in [2.45, 2.75) is 72.3 Å². The molecule has 1 aliphatic carbocycles. The molecule has 1 saturated carbocycles. The van der Waals surface area contributed by atoms with Crippen LogP contribution in [0.5, 0.6) is 0 Å². The molecule has 1 heteroatoms. The lowest BCUT2D eigenvalue weighted by atomic mass is 9.84. The van der Waals surface area contributed by atoms with Gasteiger partial charge in [0, 0.05) is 0 Å². The molecule has 86 valence electrons. The standard InChI is InChI=1S/C8H16.C5H12O/c1-7-3-5-8(2)6-4-7;1-3-5(6)4-2/h7-8H,3-6H2,1-2H3;5-6H,3-4H2,1-2H3. The zero-order valence-electron chi connectivity index (χ0n) is 10.4. The van der Waals surface area contributed by atoms with Gasteiger partial charge < -0.3 is 5.11 Å². The molecule has 1 N–H and O–H groups in total. The first kappa shape index (κ1) is 14.0. The zero-order valence-corrected chi connectivity index (χ0v) is 10.4. The van der Waals surface area contributed by atoms with E-state index in [-0.39, 0.29) is 6.10 Å². The Morgan fingerprint density at radius 1 is 0.929 bits per heavy atom. The van der Waals surface area contributed by atoms with E-state index in [0.717, 1.165) is 24.7 Å². The second-order valence-electron chi connectivity index (χ2n) is 4.84. The predicted octanol–water partition coefficient (Wildman–Crippen LogP) is 4.00. The fraction of sp³-hybridized carbons (Fsp3) is 1.00. The minimum Gasteiger partial charge on any atom is -0.393 e. The third-order valence-corrected chi connectivity index (χ3v) is 3.25. The van der Waals surface area contributed by atoms with Crippen molar-refractivity contribution < 1.29 is 5.11 Å². The average molecular weight is 200 g/mol. The summed E-state index contributed by atoms with van der Waals surface area (Å²) in [4.78, 5) is 0. The molecule has 1 aliphatic rings. The van der Waals surface area contributed by atoms with Crippen molar-refractivity contribution in [2.24, 2.45) is 11.8 Å². The van der Waals surface area contributed by atoms with Gasteiger partial charge in [0.15, 0.2) is 0 Å². The van der Waals surface area contributed by atoms with E-state index in [9.17, 15) is 0 Å². The molecular weight excluding hydrogens is 172 g/mol. The third kappa shape index (κ3) is 7.37. The van der Waals surface area contributed by atoms with Crippen molar-refractivity contribution in [2.75, 3.05) is 0 Å². The zero-order chi connectivity index (χ0) is 11.0. The Hall–Kier alpha value is -0.0400. The molecule has 0 amide bonds. The molecule has 0 heterocycles. The largest absolute Gasteiger partial charge is 0.393 e. The van der Waals surface area contributed by atoms with Crippen molar-refractivity contribution in [1.82, 2.24) is 0 Å². The first-order chi connectivity index (χ1) is 6.60. The monoisotopic (exact) mass is 200 g/mol. The van der Waals surface area contributed by atoms with E-state index < -0.39 is 0 Å². The Morgan fingerprint density at radius 2 is 1.21 bits per heavy atom. The van der Waals surface area contributed by atoms with Gasteiger partial charge in [0.25, 0.3) is 0 Å². The lowest BCUT2D eigenvalue weighted by Gasteiger charge is -2.22. The summed E-state index contributed by atoms with van der Waals surface area (Å²) in [5.74, 6) is 2.04. The number of hydrogen-bond donors (Lipinski definition) is 1. The van der Waals surface area contributed by atoms with Crippen molar-refractivity contribution >= 4 is 0 Å². The van der Waals surface area contributed by atoms with Crippen LogP contribution < -0.4 is 0 Å². The molecule has 0 atom stereocenters. The third-order valence-electron chi connectivity index (χ3n) is 3.25. The predicted molar refractivity (Wildman–Crippen MR) is 63.4 cm³/mol. The molecule has 1 nitrogen and oxygen atoms in total. The van der Waals surface area contributed by atoms with Crippen LogP contribution in [-0.2, 0) is 0 Å². The number of rotatable bonds is 2. The molecular formula is C13H28O. The minimum absolute atomic E-state index is 0.0648. The van der Waals surface area contributed by atoms with Gasteiger partial charge >= 0.3 is 0 Å². The molecule has 0 aromatic heterocycles. The molecule has 14 heavy (non-hydrogen) atoms. The molecule has 0 aromatic rings. The Labute approximate surface area is 89.9 Å². The Bertz CT molecular complexity index is 100. The van der Waals surface area contributed by atoms with Crippen LogP contribution >= 0.6 is 0 Å². The summed E-state index contributed by atoms with van der Waals surface area (Å²) in [7, 11) is 0.